The molecule has 1 spiro atoms. The highest BCUT2D eigenvalue weighted by molar-refractivity contribution is 6.06. The lowest BCUT2D eigenvalue weighted by Gasteiger charge is -2.42. The van der Waals surface area contributed by atoms with E-state index in [0.29, 0.717) is 26.0 Å². The summed E-state index contributed by atoms with van der Waals surface area (Å²) < 4.78 is 5.18. The lowest BCUT2D eigenvalue weighted by Crippen LogP contribution is -2.57. The molecule has 0 aromatic heterocycles. The second-order valence-electron chi connectivity index (χ2n) is 8.92. The molecule has 2 heterocycles. The summed E-state index contributed by atoms with van der Waals surface area (Å²) in [7, 11) is 3.21. The number of hydrogen-bond acceptors (Lipinski definition) is 4. The van der Waals surface area contributed by atoms with E-state index in [2.05, 4.69) is 47.4 Å². The maximum absolute atomic E-state index is 13.0. The third-order valence-corrected chi connectivity index (χ3v) is 7.20. The molecule has 2 aliphatic heterocycles. The van der Waals surface area contributed by atoms with Crippen molar-refractivity contribution in [1.29, 1.82) is 0 Å². The van der Waals surface area contributed by atoms with Crippen molar-refractivity contribution in [1.82, 2.24) is 14.7 Å². The standard InChI is InChI=1S/C25H29N3O3/c1-26-23(29)25(28(24(26)30)13-14-31-2)9-11-27(12-10-25)17-18-7-8-22-20(15-18)16-19-5-3-4-6-21(19)22/h3-8,15H,9-14,16-17H2,1-2H3. The van der Waals surface area contributed by atoms with E-state index in [1.165, 1.54) is 32.7 Å². The van der Waals surface area contributed by atoms with E-state index in [-0.39, 0.29) is 11.9 Å². The molecule has 0 bridgehead atoms. The number of rotatable bonds is 5. The predicted molar refractivity (Wildman–Crippen MR) is 119 cm³/mol. The number of urea groups is 1. The van der Waals surface area contributed by atoms with E-state index >= 15 is 0 Å². The number of carbonyl (C=O) groups excluding carboxylic acids is 2. The van der Waals surface area contributed by atoms with Crippen LogP contribution in [-0.2, 0) is 22.5 Å². The molecule has 31 heavy (non-hydrogen) atoms. The maximum atomic E-state index is 13.0. The van der Waals surface area contributed by atoms with Gasteiger partial charge in [0.15, 0.2) is 0 Å². The predicted octanol–water partition coefficient (Wildman–Crippen LogP) is 3.13. The lowest BCUT2D eigenvalue weighted by atomic mass is 9.85. The largest absolute Gasteiger partial charge is 0.383 e. The van der Waals surface area contributed by atoms with Gasteiger partial charge < -0.3 is 9.64 Å². The number of imide groups is 1. The Morgan fingerprint density at radius 3 is 2.52 bits per heavy atom. The molecule has 0 radical (unpaired) electrons. The summed E-state index contributed by atoms with van der Waals surface area (Å²) in [6, 6.07) is 15.3. The summed E-state index contributed by atoms with van der Waals surface area (Å²) in [5, 5.41) is 0. The Bertz CT molecular complexity index is 1030. The number of likely N-dealkylation sites (N-methyl/N-ethyl adjacent to an activating group) is 1. The first-order valence-corrected chi connectivity index (χ1v) is 11.0. The van der Waals surface area contributed by atoms with Gasteiger partial charge in [-0.1, -0.05) is 42.5 Å². The van der Waals surface area contributed by atoms with Crippen molar-refractivity contribution in [2.75, 3.05) is 40.4 Å². The Balaban J connectivity index is 1.28. The molecule has 6 nitrogen and oxygen atoms in total. The minimum absolute atomic E-state index is 0.0662. The van der Waals surface area contributed by atoms with Gasteiger partial charge in [-0.2, -0.15) is 0 Å². The Morgan fingerprint density at radius 2 is 1.74 bits per heavy atom. The highest BCUT2D eigenvalue weighted by atomic mass is 16.5. The second kappa shape index (κ2) is 7.77. The third kappa shape index (κ3) is 3.25. The molecule has 2 saturated heterocycles. The van der Waals surface area contributed by atoms with E-state index in [4.69, 9.17) is 4.74 Å². The zero-order valence-electron chi connectivity index (χ0n) is 18.3. The maximum Gasteiger partial charge on any atom is 0.327 e. The number of nitrogens with zero attached hydrogens (tertiary/aromatic N) is 3. The number of amides is 3. The molecule has 5 rings (SSSR count). The van der Waals surface area contributed by atoms with Crippen LogP contribution in [0.1, 0.15) is 29.5 Å². The summed E-state index contributed by atoms with van der Waals surface area (Å²) in [6.45, 7) is 3.36. The van der Waals surface area contributed by atoms with Crippen LogP contribution in [0.2, 0.25) is 0 Å². The highest BCUT2D eigenvalue weighted by Crippen LogP contribution is 2.38. The first-order chi connectivity index (χ1) is 15.0. The number of likely N-dealkylation sites (tertiary alicyclic amines) is 1. The molecule has 6 heteroatoms. The van der Waals surface area contributed by atoms with E-state index in [0.717, 1.165) is 26.1 Å². The number of fused-ring (bicyclic) bond motifs is 3. The second-order valence-corrected chi connectivity index (χ2v) is 8.92. The van der Waals surface area contributed by atoms with Gasteiger partial charge in [0.25, 0.3) is 5.91 Å². The summed E-state index contributed by atoms with van der Waals surface area (Å²) in [5.74, 6) is -0.0662. The van der Waals surface area contributed by atoms with Crippen LogP contribution in [0.5, 0.6) is 0 Å². The fourth-order valence-corrected chi connectivity index (χ4v) is 5.49. The first-order valence-electron chi connectivity index (χ1n) is 11.0. The van der Waals surface area contributed by atoms with Crippen LogP contribution in [0.25, 0.3) is 11.1 Å². The molecule has 0 N–H and O–H groups in total. The Labute approximate surface area is 183 Å². The third-order valence-electron chi connectivity index (χ3n) is 7.20. The van der Waals surface area contributed by atoms with Gasteiger partial charge in [0.1, 0.15) is 5.54 Å². The molecule has 3 aliphatic rings. The van der Waals surface area contributed by atoms with Crippen LogP contribution in [0, 0.1) is 0 Å². The van der Waals surface area contributed by atoms with Crippen LogP contribution in [-0.4, -0.2) is 72.6 Å². The van der Waals surface area contributed by atoms with Crippen LogP contribution in [0.4, 0.5) is 4.79 Å². The summed E-state index contributed by atoms with van der Waals surface area (Å²) in [5.41, 5.74) is 6.11. The summed E-state index contributed by atoms with van der Waals surface area (Å²) in [4.78, 5) is 31.0. The van der Waals surface area contributed by atoms with Crippen LogP contribution in [0.15, 0.2) is 42.5 Å². The zero-order valence-corrected chi connectivity index (χ0v) is 18.3. The van der Waals surface area contributed by atoms with Gasteiger partial charge in [-0.3, -0.25) is 14.6 Å². The topological polar surface area (TPSA) is 53.1 Å². The normalized spacial score (nSPS) is 19.9. The quantitative estimate of drug-likeness (QED) is 0.597. The van der Waals surface area contributed by atoms with E-state index in [1.807, 2.05) is 0 Å². The van der Waals surface area contributed by atoms with Gasteiger partial charge in [-0.05, 0) is 47.1 Å². The number of ether oxygens (including phenoxy) is 1. The van der Waals surface area contributed by atoms with Gasteiger partial charge in [0.05, 0.1) is 6.61 Å². The average molecular weight is 420 g/mol. The monoisotopic (exact) mass is 419 g/mol. The fourth-order valence-electron chi connectivity index (χ4n) is 5.49. The van der Waals surface area contributed by atoms with Crippen molar-refractivity contribution in [2.24, 2.45) is 0 Å². The van der Waals surface area contributed by atoms with Crippen molar-refractivity contribution in [3.8, 4) is 11.1 Å². The van der Waals surface area contributed by atoms with Crippen molar-refractivity contribution in [3.63, 3.8) is 0 Å². The minimum atomic E-state index is -0.708. The van der Waals surface area contributed by atoms with Crippen LogP contribution < -0.4 is 0 Å². The molecule has 0 saturated carbocycles. The highest BCUT2D eigenvalue weighted by Gasteiger charge is 2.56. The number of piperidine rings is 1. The minimum Gasteiger partial charge on any atom is -0.383 e. The van der Waals surface area contributed by atoms with Gasteiger partial charge in [0, 0.05) is 40.3 Å². The molecule has 0 unspecified atom stereocenters. The Kier molecular flexibility index (Phi) is 5.07. The smallest absolute Gasteiger partial charge is 0.327 e. The van der Waals surface area contributed by atoms with E-state index in [1.54, 1.807) is 19.1 Å². The van der Waals surface area contributed by atoms with Gasteiger partial charge >= 0.3 is 6.03 Å². The van der Waals surface area contributed by atoms with Gasteiger partial charge in [0.2, 0.25) is 0 Å². The molecule has 1 aliphatic carbocycles. The average Bonchev–Trinajstić information content (AvgIpc) is 3.23. The number of hydrogen-bond donors (Lipinski definition) is 0. The summed E-state index contributed by atoms with van der Waals surface area (Å²) >= 11 is 0. The van der Waals surface area contributed by atoms with Crippen LogP contribution in [0.3, 0.4) is 0 Å². The molecule has 162 valence electrons. The number of benzene rings is 2. The number of carbonyl (C=O) groups is 2. The summed E-state index contributed by atoms with van der Waals surface area (Å²) in [6.07, 6.45) is 2.34. The van der Waals surface area contributed by atoms with Crippen molar-refractivity contribution in [3.05, 3.63) is 59.2 Å². The molecule has 2 fully saturated rings. The molecule has 2 aromatic rings. The van der Waals surface area contributed by atoms with E-state index < -0.39 is 5.54 Å². The fraction of sp³-hybridized carbons (Fsp3) is 0.440. The zero-order chi connectivity index (χ0) is 21.6. The van der Waals surface area contributed by atoms with Crippen molar-refractivity contribution < 1.29 is 14.3 Å². The SMILES string of the molecule is COCCN1C(=O)N(C)C(=O)C12CCN(Cc1ccc3c(c1)Cc1ccccc1-3)CC2. The number of methoxy groups -OCH3 is 1. The molecular weight excluding hydrogens is 390 g/mol. The van der Waals surface area contributed by atoms with Crippen molar-refractivity contribution >= 4 is 11.9 Å². The molecule has 2 aromatic carbocycles. The van der Waals surface area contributed by atoms with E-state index in [9.17, 15) is 9.59 Å². The van der Waals surface area contributed by atoms with Gasteiger partial charge in [-0.15, -0.1) is 0 Å². The lowest BCUT2D eigenvalue weighted by molar-refractivity contribution is -0.135. The van der Waals surface area contributed by atoms with Crippen LogP contribution >= 0.6 is 0 Å². The Morgan fingerprint density at radius 1 is 1.00 bits per heavy atom. The molecule has 0 atom stereocenters. The van der Waals surface area contributed by atoms with Crippen molar-refractivity contribution in [2.45, 2.75) is 31.3 Å². The van der Waals surface area contributed by atoms with Gasteiger partial charge in [-0.25, -0.2) is 4.79 Å². The molecular formula is C25H29N3O3. The first kappa shape index (κ1) is 20.2. The molecule has 3 amide bonds. The Hall–Kier alpha value is -2.70.